The van der Waals surface area contributed by atoms with E-state index in [-0.39, 0.29) is 0 Å². The van der Waals surface area contributed by atoms with Crippen LogP contribution in [0, 0.1) is 11.8 Å². The number of benzene rings is 1. The lowest BCUT2D eigenvalue weighted by Gasteiger charge is -2.27. The number of rotatable bonds is 5. The van der Waals surface area contributed by atoms with Crippen molar-refractivity contribution in [2.75, 3.05) is 6.54 Å². The summed E-state index contributed by atoms with van der Waals surface area (Å²) < 4.78 is 2.30. The zero-order chi connectivity index (χ0) is 14.5. The van der Waals surface area contributed by atoms with E-state index in [2.05, 4.69) is 69.2 Å². The van der Waals surface area contributed by atoms with Crippen LogP contribution in [0.5, 0.6) is 0 Å². The first kappa shape index (κ1) is 16.5. The van der Waals surface area contributed by atoms with E-state index in [9.17, 15) is 0 Å². The largest absolute Gasteiger partial charge is 0.310 e. The van der Waals surface area contributed by atoms with Gasteiger partial charge in [0.25, 0.3) is 0 Å². The molecule has 1 N–H and O–H groups in total. The van der Waals surface area contributed by atoms with Gasteiger partial charge in [-0.1, -0.05) is 64.1 Å². The Labute approximate surface area is 140 Å². The van der Waals surface area contributed by atoms with Gasteiger partial charge in [0.1, 0.15) is 0 Å². The van der Waals surface area contributed by atoms with Gasteiger partial charge in [-0.15, -0.1) is 0 Å². The standard InChI is InChI=1S/C17H25Br2N/c1-12-4-3-5-14(10-12)8-9-20-13(2)16-7-6-15(18)11-17(16)19/h6-7,11-14,20H,3-5,8-10H2,1-2H3. The molecule has 0 aromatic heterocycles. The second kappa shape index (κ2) is 7.95. The van der Waals surface area contributed by atoms with Crippen LogP contribution in [0.25, 0.3) is 0 Å². The first-order valence-electron chi connectivity index (χ1n) is 7.74. The van der Waals surface area contributed by atoms with Crippen molar-refractivity contribution in [2.24, 2.45) is 11.8 Å². The lowest BCUT2D eigenvalue weighted by atomic mass is 9.81. The van der Waals surface area contributed by atoms with Gasteiger partial charge in [0, 0.05) is 15.0 Å². The number of halogens is 2. The summed E-state index contributed by atoms with van der Waals surface area (Å²) in [6, 6.07) is 6.82. The van der Waals surface area contributed by atoms with Crippen LogP contribution in [0.1, 0.15) is 57.6 Å². The highest BCUT2D eigenvalue weighted by atomic mass is 79.9. The van der Waals surface area contributed by atoms with E-state index in [1.807, 2.05) is 0 Å². The van der Waals surface area contributed by atoms with Crippen LogP contribution in [0.4, 0.5) is 0 Å². The average Bonchev–Trinajstić information content (AvgIpc) is 2.38. The molecular weight excluding hydrogens is 378 g/mol. The van der Waals surface area contributed by atoms with E-state index in [1.54, 1.807) is 0 Å². The Morgan fingerprint density at radius 1 is 1.30 bits per heavy atom. The molecule has 0 amide bonds. The summed E-state index contributed by atoms with van der Waals surface area (Å²) in [5.41, 5.74) is 1.34. The topological polar surface area (TPSA) is 12.0 Å². The zero-order valence-electron chi connectivity index (χ0n) is 12.5. The summed E-state index contributed by atoms with van der Waals surface area (Å²) in [4.78, 5) is 0. The third-order valence-electron chi connectivity index (χ3n) is 4.48. The summed E-state index contributed by atoms with van der Waals surface area (Å²) in [6.45, 7) is 5.78. The highest BCUT2D eigenvalue weighted by Crippen LogP contribution is 2.31. The SMILES string of the molecule is CC1CCCC(CCNC(C)c2ccc(Br)cc2Br)C1. The molecule has 0 radical (unpaired) electrons. The Bertz CT molecular complexity index is 433. The molecule has 0 aliphatic heterocycles. The molecule has 1 nitrogen and oxygen atoms in total. The molecule has 3 heteroatoms. The lowest BCUT2D eigenvalue weighted by Crippen LogP contribution is -2.24. The third-order valence-corrected chi connectivity index (χ3v) is 5.66. The molecule has 2 rings (SSSR count). The normalized spacial score (nSPS) is 24.6. The van der Waals surface area contributed by atoms with E-state index < -0.39 is 0 Å². The van der Waals surface area contributed by atoms with Gasteiger partial charge in [0.05, 0.1) is 0 Å². The van der Waals surface area contributed by atoms with Crippen LogP contribution >= 0.6 is 31.9 Å². The van der Waals surface area contributed by atoms with Crippen molar-refractivity contribution in [2.45, 2.75) is 52.0 Å². The molecule has 0 spiro atoms. The summed E-state index contributed by atoms with van der Waals surface area (Å²) in [5.74, 6) is 1.87. The Balaban J connectivity index is 1.78. The van der Waals surface area contributed by atoms with E-state index in [4.69, 9.17) is 0 Å². The average molecular weight is 403 g/mol. The number of hydrogen-bond acceptors (Lipinski definition) is 1. The minimum absolute atomic E-state index is 0.401. The molecule has 1 saturated carbocycles. The fraction of sp³-hybridized carbons (Fsp3) is 0.647. The molecule has 112 valence electrons. The van der Waals surface area contributed by atoms with Crippen LogP contribution in [0.15, 0.2) is 27.1 Å². The smallest absolute Gasteiger partial charge is 0.0302 e. The molecule has 1 aromatic carbocycles. The third kappa shape index (κ3) is 4.85. The Morgan fingerprint density at radius 3 is 2.80 bits per heavy atom. The minimum atomic E-state index is 0.401. The summed E-state index contributed by atoms with van der Waals surface area (Å²) >= 11 is 7.16. The van der Waals surface area contributed by atoms with Gasteiger partial charge in [-0.3, -0.25) is 0 Å². The lowest BCUT2D eigenvalue weighted by molar-refractivity contribution is 0.265. The van der Waals surface area contributed by atoms with Crippen molar-refractivity contribution < 1.29 is 0 Å². The van der Waals surface area contributed by atoms with Gasteiger partial charge in [0.2, 0.25) is 0 Å². The second-order valence-corrected chi connectivity index (χ2v) is 8.04. The molecule has 1 aromatic rings. The van der Waals surface area contributed by atoms with Crippen LogP contribution < -0.4 is 5.32 Å². The fourth-order valence-corrected chi connectivity index (χ4v) is 4.68. The quantitative estimate of drug-likeness (QED) is 0.629. The molecule has 1 aliphatic rings. The van der Waals surface area contributed by atoms with Crippen LogP contribution in [0.2, 0.25) is 0 Å². The molecular formula is C17H25Br2N. The second-order valence-electron chi connectivity index (χ2n) is 6.27. The van der Waals surface area contributed by atoms with E-state index >= 15 is 0 Å². The predicted octanol–water partition coefficient (Wildman–Crippen LogP) is 6.08. The van der Waals surface area contributed by atoms with Crippen molar-refractivity contribution in [3.8, 4) is 0 Å². The highest BCUT2D eigenvalue weighted by molar-refractivity contribution is 9.11. The minimum Gasteiger partial charge on any atom is -0.310 e. The highest BCUT2D eigenvalue weighted by Gasteiger charge is 2.18. The van der Waals surface area contributed by atoms with Gasteiger partial charge >= 0.3 is 0 Å². The molecule has 0 heterocycles. The van der Waals surface area contributed by atoms with Gasteiger partial charge < -0.3 is 5.32 Å². The maximum atomic E-state index is 3.68. The van der Waals surface area contributed by atoms with E-state index in [0.29, 0.717) is 6.04 Å². The zero-order valence-corrected chi connectivity index (χ0v) is 15.6. The van der Waals surface area contributed by atoms with Crippen molar-refractivity contribution in [1.29, 1.82) is 0 Å². The van der Waals surface area contributed by atoms with E-state index in [1.165, 1.54) is 42.1 Å². The molecule has 20 heavy (non-hydrogen) atoms. The summed E-state index contributed by atoms with van der Waals surface area (Å²) in [5, 5.41) is 3.68. The molecule has 3 atom stereocenters. The maximum Gasteiger partial charge on any atom is 0.0302 e. The van der Waals surface area contributed by atoms with Crippen LogP contribution in [-0.2, 0) is 0 Å². The van der Waals surface area contributed by atoms with E-state index in [0.717, 1.165) is 22.9 Å². The molecule has 1 aliphatic carbocycles. The predicted molar refractivity (Wildman–Crippen MR) is 94.0 cm³/mol. The van der Waals surface area contributed by atoms with Gasteiger partial charge in [-0.2, -0.15) is 0 Å². The van der Waals surface area contributed by atoms with Crippen molar-refractivity contribution in [3.05, 3.63) is 32.7 Å². The Hall–Kier alpha value is 0.140. The van der Waals surface area contributed by atoms with Crippen LogP contribution in [-0.4, -0.2) is 6.54 Å². The first-order chi connectivity index (χ1) is 9.56. The van der Waals surface area contributed by atoms with Crippen LogP contribution in [0.3, 0.4) is 0 Å². The number of nitrogens with one attached hydrogen (secondary N) is 1. The summed E-state index contributed by atoms with van der Waals surface area (Å²) in [7, 11) is 0. The Morgan fingerprint density at radius 2 is 2.10 bits per heavy atom. The molecule has 0 saturated heterocycles. The maximum absolute atomic E-state index is 3.68. The summed E-state index contributed by atoms with van der Waals surface area (Å²) in [6.07, 6.45) is 7.05. The van der Waals surface area contributed by atoms with Crippen molar-refractivity contribution in [1.82, 2.24) is 5.32 Å². The van der Waals surface area contributed by atoms with Gasteiger partial charge in [0.15, 0.2) is 0 Å². The molecule has 0 bridgehead atoms. The van der Waals surface area contributed by atoms with Crippen molar-refractivity contribution >= 4 is 31.9 Å². The van der Waals surface area contributed by atoms with Gasteiger partial charge in [-0.05, 0) is 55.8 Å². The molecule has 3 unspecified atom stereocenters. The first-order valence-corrected chi connectivity index (χ1v) is 9.33. The monoisotopic (exact) mass is 401 g/mol. The molecule has 1 fully saturated rings. The number of hydrogen-bond donors (Lipinski definition) is 1. The van der Waals surface area contributed by atoms with Gasteiger partial charge in [-0.25, -0.2) is 0 Å². The Kier molecular flexibility index (Phi) is 6.57. The van der Waals surface area contributed by atoms with Crippen molar-refractivity contribution in [3.63, 3.8) is 0 Å². The fourth-order valence-electron chi connectivity index (χ4n) is 3.29.